The van der Waals surface area contributed by atoms with Crippen LogP contribution in [0.2, 0.25) is 0 Å². The predicted octanol–water partition coefficient (Wildman–Crippen LogP) is 3.79. The van der Waals surface area contributed by atoms with Gasteiger partial charge < -0.3 is 10.6 Å². The third-order valence-corrected chi connectivity index (χ3v) is 5.06. The van der Waals surface area contributed by atoms with Crippen LogP contribution in [0.5, 0.6) is 0 Å². The largest absolute Gasteiger partial charge is 0.399 e. The summed E-state index contributed by atoms with van der Waals surface area (Å²) in [6.07, 6.45) is 2.40. The van der Waals surface area contributed by atoms with Gasteiger partial charge in [-0.25, -0.2) is 19.3 Å². The van der Waals surface area contributed by atoms with Gasteiger partial charge >= 0.3 is 0 Å². The van der Waals surface area contributed by atoms with Gasteiger partial charge in [-0.15, -0.1) is 0 Å². The number of aromatic nitrogens is 3. The molecule has 0 fully saturated rings. The molecule has 6 nitrogen and oxygen atoms in total. The molecule has 0 saturated heterocycles. The van der Waals surface area contributed by atoms with Crippen molar-refractivity contribution in [2.75, 3.05) is 12.8 Å². The summed E-state index contributed by atoms with van der Waals surface area (Å²) in [5.74, 6) is -1.04. The molecule has 3 aromatic rings. The third kappa shape index (κ3) is 3.53. The van der Waals surface area contributed by atoms with E-state index in [9.17, 15) is 8.78 Å². The van der Waals surface area contributed by atoms with E-state index in [0.29, 0.717) is 24.1 Å². The molecule has 0 saturated carbocycles. The predicted molar refractivity (Wildman–Crippen MR) is 105 cm³/mol. The van der Waals surface area contributed by atoms with E-state index >= 15 is 0 Å². The molecule has 2 aromatic heterocycles. The Bertz CT molecular complexity index is 1120. The highest BCUT2D eigenvalue weighted by atomic mass is 19.1. The first-order valence-electron chi connectivity index (χ1n) is 9.11. The number of hydrogen-bond acceptors (Lipinski definition) is 6. The molecule has 29 heavy (non-hydrogen) atoms. The second-order valence-electron chi connectivity index (χ2n) is 6.89. The maximum Gasteiger partial charge on any atom is 0.220 e. The molecule has 1 aromatic carbocycles. The number of anilines is 1. The van der Waals surface area contributed by atoms with E-state index < -0.39 is 11.8 Å². The minimum absolute atomic E-state index is 0.125. The number of aryl methyl sites for hydroxylation is 1. The Balaban J connectivity index is 1.86. The first kappa shape index (κ1) is 18.9. The Labute approximate surface area is 166 Å². The normalized spacial score (nSPS) is 17.2. The maximum absolute atomic E-state index is 14.4. The van der Waals surface area contributed by atoms with Gasteiger partial charge in [-0.05, 0) is 54.7 Å². The van der Waals surface area contributed by atoms with Crippen LogP contribution in [0.1, 0.15) is 34.9 Å². The van der Waals surface area contributed by atoms with Crippen LogP contribution in [-0.2, 0) is 11.3 Å². The van der Waals surface area contributed by atoms with Crippen LogP contribution in [0.15, 0.2) is 41.7 Å². The zero-order valence-electron chi connectivity index (χ0n) is 16.0. The van der Waals surface area contributed by atoms with Gasteiger partial charge in [0, 0.05) is 23.7 Å². The number of nitrogen functional groups attached to an aromatic ring is 1. The van der Waals surface area contributed by atoms with Crippen molar-refractivity contribution in [3.8, 4) is 11.1 Å². The number of rotatable bonds is 3. The number of fused-ring (bicyclic) bond motifs is 1. The lowest BCUT2D eigenvalue weighted by Gasteiger charge is -2.27. The molecule has 1 atom stereocenters. The molecule has 0 aliphatic heterocycles. The Kier molecular flexibility index (Phi) is 4.92. The summed E-state index contributed by atoms with van der Waals surface area (Å²) in [5, 5.41) is 4.16. The first-order valence-corrected chi connectivity index (χ1v) is 9.11. The molecule has 148 valence electrons. The van der Waals surface area contributed by atoms with Gasteiger partial charge in [0.15, 0.2) is 0 Å². The summed E-state index contributed by atoms with van der Waals surface area (Å²) in [6, 6.07) is 7.59. The van der Waals surface area contributed by atoms with Gasteiger partial charge in [0.1, 0.15) is 12.9 Å². The average molecular weight is 395 g/mol. The Morgan fingerprint density at radius 1 is 1.14 bits per heavy atom. The number of benzene rings is 1. The first-order chi connectivity index (χ1) is 14.0. The molecule has 0 amide bonds. The standard InChI is InChI=1S/C21H19F2N5O/c1-11-19-17(27-21(24)26-11)8-12(9-18(19)28-29-2)14-6-5-13(22)10-16(14)15-4-3-7-25-20(15)23/h3-7,10,12H,8-9H2,1-2H3,(H2,24,26,27)/b28-18+. The van der Waals surface area contributed by atoms with Gasteiger partial charge in [0.05, 0.1) is 17.1 Å². The van der Waals surface area contributed by atoms with Gasteiger partial charge in [0.25, 0.3) is 0 Å². The fourth-order valence-electron chi connectivity index (χ4n) is 3.94. The molecular formula is C21H19F2N5O. The van der Waals surface area contributed by atoms with Crippen LogP contribution in [0.3, 0.4) is 0 Å². The molecule has 4 rings (SSSR count). The highest BCUT2D eigenvalue weighted by Crippen LogP contribution is 2.39. The Hall–Kier alpha value is -3.42. The summed E-state index contributed by atoms with van der Waals surface area (Å²) in [5.41, 5.74) is 10.3. The van der Waals surface area contributed by atoms with Crippen LogP contribution >= 0.6 is 0 Å². The van der Waals surface area contributed by atoms with Gasteiger partial charge in [-0.3, -0.25) is 0 Å². The van der Waals surface area contributed by atoms with E-state index in [-0.39, 0.29) is 17.4 Å². The summed E-state index contributed by atoms with van der Waals surface area (Å²) in [4.78, 5) is 17.4. The smallest absolute Gasteiger partial charge is 0.220 e. The molecule has 1 aliphatic carbocycles. The maximum atomic E-state index is 14.4. The lowest BCUT2D eigenvalue weighted by atomic mass is 9.78. The van der Waals surface area contributed by atoms with E-state index in [2.05, 4.69) is 20.1 Å². The zero-order chi connectivity index (χ0) is 20.5. The van der Waals surface area contributed by atoms with Crippen LogP contribution in [0, 0.1) is 18.7 Å². The number of nitrogens with zero attached hydrogens (tertiary/aromatic N) is 4. The molecule has 0 spiro atoms. The highest BCUT2D eigenvalue weighted by Gasteiger charge is 2.31. The monoisotopic (exact) mass is 395 g/mol. The average Bonchev–Trinajstić information content (AvgIpc) is 2.67. The second kappa shape index (κ2) is 7.54. The van der Waals surface area contributed by atoms with Gasteiger partial charge in [0.2, 0.25) is 11.9 Å². The molecule has 2 heterocycles. The molecule has 0 radical (unpaired) electrons. The van der Waals surface area contributed by atoms with Crippen molar-refractivity contribution in [3.63, 3.8) is 0 Å². The molecule has 1 unspecified atom stereocenters. The van der Waals surface area contributed by atoms with Crippen LogP contribution in [0.4, 0.5) is 14.7 Å². The number of halogens is 2. The van der Waals surface area contributed by atoms with Crippen molar-refractivity contribution in [1.29, 1.82) is 0 Å². The van der Waals surface area contributed by atoms with Crippen molar-refractivity contribution in [2.45, 2.75) is 25.7 Å². The molecular weight excluding hydrogens is 376 g/mol. The van der Waals surface area contributed by atoms with Crippen molar-refractivity contribution in [2.24, 2.45) is 5.16 Å². The second-order valence-corrected chi connectivity index (χ2v) is 6.89. The van der Waals surface area contributed by atoms with Crippen molar-refractivity contribution < 1.29 is 13.6 Å². The lowest BCUT2D eigenvalue weighted by Crippen LogP contribution is -2.24. The quantitative estimate of drug-likeness (QED) is 0.539. The summed E-state index contributed by atoms with van der Waals surface area (Å²) < 4.78 is 28.4. The number of oxime groups is 1. The van der Waals surface area contributed by atoms with Crippen LogP contribution in [0.25, 0.3) is 11.1 Å². The fourth-order valence-corrected chi connectivity index (χ4v) is 3.94. The van der Waals surface area contributed by atoms with Crippen molar-refractivity contribution in [1.82, 2.24) is 15.0 Å². The SMILES string of the molecule is CO/N=C1\CC(c2ccc(F)cc2-c2cccnc2F)Cc2nc(N)nc(C)c21. The molecule has 1 aliphatic rings. The summed E-state index contributed by atoms with van der Waals surface area (Å²) >= 11 is 0. The Morgan fingerprint density at radius 2 is 1.97 bits per heavy atom. The summed E-state index contributed by atoms with van der Waals surface area (Å²) in [7, 11) is 1.47. The lowest BCUT2D eigenvalue weighted by molar-refractivity contribution is 0.212. The number of hydrogen-bond donors (Lipinski definition) is 1. The van der Waals surface area contributed by atoms with E-state index in [4.69, 9.17) is 10.6 Å². The molecule has 8 heteroatoms. The van der Waals surface area contributed by atoms with Gasteiger partial charge in [-0.2, -0.15) is 4.39 Å². The van der Waals surface area contributed by atoms with E-state index in [1.54, 1.807) is 18.2 Å². The van der Waals surface area contributed by atoms with E-state index in [1.807, 2.05) is 6.92 Å². The molecule has 2 N–H and O–H groups in total. The number of pyridine rings is 1. The van der Waals surface area contributed by atoms with Crippen LogP contribution < -0.4 is 5.73 Å². The Morgan fingerprint density at radius 3 is 2.72 bits per heavy atom. The van der Waals surface area contributed by atoms with E-state index in [0.717, 1.165) is 22.5 Å². The highest BCUT2D eigenvalue weighted by molar-refractivity contribution is 6.03. The zero-order valence-corrected chi connectivity index (χ0v) is 16.0. The van der Waals surface area contributed by atoms with Crippen LogP contribution in [-0.4, -0.2) is 27.8 Å². The number of nitrogens with two attached hydrogens (primary N) is 1. The van der Waals surface area contributed by atoms with Crippen molar-refractivity contribution in [3.05, 3.63) is 70.8 Å². The minimum Gasteiger partial charge on any atom is -0.399 e. The van der Waals surface area contributed by atoms with E-state index in [1.165, 1.54) is 25.4 Å². The fraction of sp³-hybridized carbons (Fsp3) is 0.238. The minimum atomic E-state index is -0.649. The topological polar surface area (TPSA) is 86.3 Å². The van der Waals surface area contributed by atoms with Crippen molar-refractivity contribution >= 4 is 11.7 Å². The molecule has 0 bridgehead atoms. The van der Waals surface area contributed by atoms with Gasteiger partial charge in [-0.1, -0.05) is 11.2 Å². The third-order valence-electron chi connectivity index (χ3n) is 5.06. The summed E-state index contributed by atoms with van der Waals surface area (Å²) in [6.45, 7) is 1.84.